The van der Waals surface area contributed by atoms with Crippen molar-refractivity contribution < 1.29 is 14.4 Å². The molecule has 136 valence electrons. The van der Waals surface area contributed by atoms with Gasteiger partial charge in [-0.25, -0.2) is 4.79 Å². The van der Waals surface area contributed by atoms with Crippen molar-refractivity contribution >= 4 is 17.8 Å². The van der Waals surface area contributed by atoms with Gasteiger partial charge in [-0.2, -0.15) is 0 Å². The SMILES string of the molecule is CCN(C)Cc1cccc(CNC(=O)CN2C(=O)NC(=O)C2(C)C)c1. The molecule has 1 fully saturated rings. The van der Waals surface area contributed by atoms with Gasteiger partial charge in [-0.1, -0.05) is 31.2 Å². The van der Waals surface area contributed by atoms with Crippen molar-refractivity contribution in [3.63, 3.8) is 0 Å². The summed E-state index contributed by atoms with van der Waals surface area (Å²) in [4.78, 5) is 39.1. The molecule has 0 bridgehead atoms. The summed E-state index contributed by atoms with van der Waals surface area (Å²) < 4.78 is 0. The summed E-state index contributed by atoms with van der Waals surface area (Å²) in [5.41, 5.74) is 1.16. The lowest BCUT2D eigenvalue weighted by atomic mass is 10.0. The average Bonchev–Trinajstić information content (AvgIpc) is 2.75. The first kappa shape index (κ1) is 18.9. The van der Waals surface area contributed by atoms with E-state index in [9.17, 15) is 14.4 Å². The number of urea groups is 1. The summed E-state index contributed by atoms with van der Waals surface area (Å²) in [6.45, 7) is 7.39. The van der Waals surface area contributed by atoms with Crippen molar-refractivity contribution in [1.29, 1.82) is 0 Å². The molecule has 0 unspecified atom stereocenters. The van der Waals surface area contributed by atoms with Gasteiger partial charge in [0.25, 0.3) is 5.91 Å². The van der Waals surface area contributed by atoms with Gasteiger partial charge in [-0.15, -0.1) is 0 Å². The van der Waals surface area contributed by atoms with E-state index in [1.807, 2.05) is 12.1 Å². The number of carbonyl (C=O) groups excluding carboxylic acids is 3. The second-order valence-corrected chi connectivity index (χ2v) is 6.83. The fourth-order valence-corrected chi connectivity index (χ4v) is 2.63. The summed E-state index contributed by atoms with van der Waals surface area (Å²) >= 11 is 0. The van der Waals surface area contributed by atoms with E-state index in [1.54, 1.807) is 13.8 Å². The van der Waals surface area contributed by atoms with Gasteiger partial charge in [0.15, 0.2) is 0 Å². The lowest BCUT2D eigenvalue weighted by Gasteiger charge is -2.27. The first-order valence-corrected chi connectivity index (χ1v) is 8.40. The quantitative estimate of drug-likeness (QED) is 0.724. The van der Waals surface area contributed by atoms with Crippen LogP contribution < -0.4 is 10.6 Å². The second-order valence-electron chi connectivity index (χ2n) is 6.83. The third-order valence-corrected chi connectivity index (χ3v) is 4.47. The lowest BCUT2D eigenvalue weighted by molar-refractivity contribution is -0.127. The Morgan fingerprint density at radius 2 is 1.96 bits per heavy atom. The molecule has 1 saturated heterocycles. The lowest BCUT2D eigenvalue weighted by Crippen LogP contribution is -2.48. The predicted octanol–water partition coefficient (Wildman–Crippen LogP) is 1.08. The zero-order valence-electron chi connectivity index (χ0n) is 15.3. The van der Waals surface area contributed by atoms with Crippen LogP contribution in [-0.2, 0) is 22.7 Å². The van der Waals surface area contributed by atoms with Crippen molar-refractivity contribution in [3.05, 3.63) is 35.4 Å². The highest BCUT2D eigenvalue weighted by molar-refractivity contribution is 6.07. The third-order valence-electron chi connectivity index (χ3n) is 4.47. The number of nitrogens with one attached hydrogen (secondary N) is 2. The molecule has 0 radical (unpaired) electrons. The Labute approximate surface area is 148 Å². The number of rotatable bonds is 7. The molecular formula is C18H26N4O3. The van der Waals surface area contributed by atoms with Gasteiger partial charge in [-0.3, -0.25) is 14.9 Å². The summed E-state index contributed by atoms with van der Waals surface area (Å²) in [7, 11) is 2.05. The number of hydrogen-bond acceptors (Lipinski definition) is 4. The third kappa shape index (κ3) is 4.57. The number of benzene rings is 1. The number of imide groups is 1. The standard InChI is InChI=1S/C18H26N4O3/c1-5-21(4)11-14-8-6-7-13(9-14)10-19-15(23)12-22-17(25)20-16(24)18(22,2)3/h6-9H,5,10-12H2,1-4H3,(H,19,23)(H,20,24,25). The minimum absolute atomic E-state index is 0.150. The van der Waals surface area contributed by atoms with Crippen molar-refractivity contribution in [3.8, 4) is 0 Å². The molecular weight excluding hydrogens is 320 g/mol. The van der Waals surface area contributed by atoms with Crippen molar-refractivity contribution in [2.75, 3.05) is 20.1 Å². The normalized spacial score (nSPS) is 16.3. The van der Waals surface area contributed by atoms with Crippen LogP contribution in [0.5, 0.6) is 0 Å². The molecule has 2 N–H and O–H groups in total. The van der Waals surface area contributed by atoms with Crippen LogP contribution in [0.15, 0.2) is 24.3 Å². The van der Waals surface area contributed by atoms with E-state index >= 15 is 0 Å². The zero-order chi connectivity index (χ0) is 18.6. The molecule has 25 heavy (non-hydrogen) atoms. The molecule has 7 nitrogen and oxygen atoms in total. The number of carbonyl (C=O) groups is 3. The fraction of sp³-hybridized carbons (Fsp3) is 0.500. The molecule has 2 rings (SSSR count). The largest absolute Gasteiger partial charge is 0.350 e. The second kappa shape index (κ2) is 7.65. The van der Waals surface area contributed by atoms with Crippen LogP contribution in [0.4, 0.5) is 4.79 Å². The molecule has 1 aliphatic rings. The monoisotopic (exact) mass is 346 g/mol. The Balaban J connectivity index is 1.91. The van der Waals surface area contributed by atoms with Crippen LogP contribution in [-0.4, -0.2) is 53.3 Å². The maximum atomic E-state index is 12.2. The molecule has 0 aromatic heterocycles. The highest BCUT2D eigenvalue weighted by Crippen LogP contribution is 2.20. The van der Waals surface area contributed by atoms with Crippen LogP contribution >= 0.6 is 0 Å². The van der Waals surface area contributed by atoms with Crippen molar-refractivity contribution in [2.45, 2.75) is 39.4 Å². The average molecular weight is 346 g/mol. The van der Waals surface area contributed by atoms with E-state index in [2.05, 4.69) is 41.6 Å². The maximum Gasteiger partial charge on any atom is 0.325 e. The molecule has 1 aromatic rings. The van der Waals surface area contributed by atoms with Crippen LogP contribution in [0.25, 0.3) is 0 Å². The van der Waals surface area contributed by atoms with Gasteiger partial charge < -0.3 is 15.1 Å². The van der Waals surface area contributed by atoms with Gasteiger partial charge in [0.05, 0.1) is 0 Å². The minimum atomic E-state index is -1.01. The number of hydrogen-bond donors (Lipinski definition) is 2. The molecule has 7 heteroatoms. The van der Waals surface area contributed by atoms with Gasteiger partial charge in [0, 0.05) is 13.1 Å². The van der Waals surface area contributed by atoms with Crippen molar-refractivity contribution in [1.82, 2.24) is 20.4 Å². The summed E-state index contributed by atoms with van der Waals surface area (Å²) in [6.07, 6.45) is 0. The Bertz CT molecular complexity index is 672. The first-order valence-electron chi connectivity index (χ1n) is 8.40. The Kier molecular flexibility index (Phi) is 5.79. The molecule has 0 spiro atoms. The van der Waals surface area contributed by atoms with E-state index in [0.29, 0.717) is 6.54 Å². The number of amides is 4. The van der Waals surface area contributed by atoms with Crippen molar-refractivity contribution in [2.24, 2.45) is 0 Å². The van der Waals surface area contributed by atoms with E-state index in [1.165, 1.54) is 10.5 Å². The zero-order valence-corrected chi connectivity index (χ0v) is 15.3. The summed E-state index contributed by atoms with van der Waals surface area (Å²) in [5.74, 6) is -0.688. The Hall–Kier alpha value is -2.41. The molecule has 0 aliphatic carbocycles. The van der Waals surface area contributed by atoms with Crippen LogP contribution in [0.2, 0.25) is 0 Å². The molecule has 1 aromatic carbocycles. The van der Waals surface area contributed by atoms with Crippen LogP contribution in [0.3, 0.4) is 0 Å². The first-order chi connectivity index (χ1) is 11.7. The minimum Gasteiger partial charge on any atom is -0.350 e. The van der Waals surface area contributed by atoms with E-state index in [-0.39, 0.29) is 12.5 Å². The van der Waals surface area contributed by atoms with Gasteiger partial charge >= 0.3 is 6.03 Å². The summed E-state index contributed by atoms with van der Waals surface area (Å²) in [5, 5.41) is 5.04. The topological polar surface area (TPSA) is 81.8 Å². The molecule has 0 saturated carbocycles. The van der Waals surface area contributed by atoms with Gasteiger partial charge in [0.1, 0.15) is 12.1 Å². The van der Waals surface area contributed by atoms with E-state index in [4.69, 9.17) is 0 Å². The summed E-state index contributed by atoms with van der Waals surface area (Å²) in [6, 6.07) is 7.50. The number of nitrogens with zero attached hydrogens (tertiary/aromatic N) is 2. The molecule has 0 atom stereocenters. The Morgan fingerprint density at radius 3 is 2.56 bits per heavy atom. The fourth-order valence-electron chi connectivity index (χ4n) is 2.63. The molecule has 4 amide bonds. The van der Waals surface area contributed by atoms with Gasteiger partial charge in [0.2, 0.25) is 5.91 Å². The Morgan fingerprint density at radius 1 is 1.28 bits per heavy atom. The van der Waals surface area contributed by atoms with Crippen LogP contribution in [0.1, 0.15) is 31.9 Å². The van der Waals surface area contributed by atoms with Crippen LogP contribution in [0, 0.1) is 0 Å². The highest BCUT2D eigenvalue weighted by atomic mass is 16.2. The smallest absolute Gasteiger partial charge is 0.325 e. The highest BCUT2D eigenvalue weighted by Gasteiger charge is 2.46. The molecule has 1 heterocycles. The molecule has 1 aliphatic heterocycles. The van der Waals surface area contributed by atoms with E-state index < -0.39 is 17.5 Å². The van der Waals surface area contributed by atoms with Gasteiger partial charge in [-0.05, 0) is 38.6 Å². The maximum absolute atomic E-state index is 12.2. The predicted molar refractivity (Wildman–Crippen MR) is 94.6 cm³/mol. The van der Waals surface area contributed by atoms with E-state index in [0.717, 1.165) is 18.7 Å².